The van der Waals surface area contributed by atoms with Crippen molar-refractivity contribution in [3.05, 3.63) is 23.8 Å². The molecule has 1 heterocycles. The van der Waals surface area contributed by atoms with Gasteiger partial charge in [0.1, 0.15) is 11.5 Å². The largest absolute Gasteiger partial charge is 0.507 e. The molecule has 20 heavy (non-hydrogen) atoms. The fourth-order valence-corrected chi connectivity index (χ4v) is 2.98. The lowest BCUT2D eigenvalue weighted by atomic mass is 10.0. The molecule has 0 aromatic heterocycles. The molecule has 0 bridgehead atoms. The molecule has 2 unspecified atom stereocenters. The van der Waals surface area contributed by atoms with Crippen LogP contribution in [0.1, 0.15) is 38.8 Å². The Labute approximate surface area is 121 Å². The standard InChI is InChI=1S/C16H26N2O2/c1-4-12(2)17-8-10-18(11-9-17)13(3)16-14(19)6-5-7-15(16)20/h5-7,12-13,19-20H,4,8-11H2,1-3H3. The van der Waals surface area contributed by atoms with Crippen LogP contribution in [0.4, 0.5) is 0 Å². The summed E-state index contributed by atoms with van der Waals surface area (Å²) in [7, 11) is 0. The van der Waals surface area contributed by atoms with Gasteiger partial charge in [-0.05, 0) is 32.4 Å². The summed E-state index contributed by atoms with van der Waals surface area (Å²) in [5.41, 5.74) is 0.643. The van der Waals surface area contributed by atoms with E-state index in [0.29, 0.717) is 11.6 Å². The molecule has 0 aliphatic carbocycles. The quantitative estimate of drug-likeness (QED) is 0.888. The van der Waals surface area contributed by atoms with E-state index in [1.807, 2.05) is 6.92 Å². The third-order valence-corrected chi connectivity index (χ3v) is 4.59. The van der Waals surface area contributed by atoms with Crippen molar-refractivity contribution in [1.29, 1.82) is 0 Å². The first-order valence-corrected chi connectivity index (χ1v) is 7.53. The normalized spacial score (nSPS) is 20.8. The molecule has 2 atom stereocenters. The Morgan fingerprint density at radius 2 is 1.50 bits per heavy atom. The van der Waals surface area contributed by atoms with E-state index in [0.717, 1.165) is 26.2 Å². The maximum absolute atomic E-state index is 9.97. The van der Waals surface area contributed by atoms with Gasteiger partial charge in [-0.2, -0.15) is 0 Å². The minimum atomic E-state index is 0.0373. The predicted molar refractivity (Wildman–Crippen MR) is 81.1 cm³/mol. The summed E-state index contributed by atoms with van der Waals surface area (Å²) in [4.78, 5) is 4.83. The van der Waals surface area contributed by atoms with Gasteiger partial charge in [-0.1, -0.05) is 13.0 Å². The van der Waals surface area contributed by atoms with Crippen LogP contribution in [0.25, 0.3) is 0 Å². The van der Waals surface area contributed by atoms with Crippen molar-refractivity contribution in [2.75, 3.05) is 26.2 Å². The summed E-state index contributed by atoms with van der Waals surface area (Å²) in [6.45, 7) is 10.6. The van der Waals surface area contributed by atoms with Gasteiger partial charge >= 0.3 is 0 Å². The Kier molecular flexibility index (Phi) is 4.89. The van der Waals surface area contributed by atoms with Crippen molar-refractivity contribution in [3.63, 3.8) is 0 Å². The van der Waals surface area contributed by atoms with Crippen molar-refractivity contribution >= 4 is 0 Å². The van der Waals surface area contributed by atoms with Gasteiger partial charge in [0.25, 0.3) is 0 Å². The Bertz CT molecular complexity index is 422. The summed E-state index contributed by atoms with van der Waals surface area (Å²) in [5, 5.41) is 19.9. The third kappa shape index (κ3) is 3.07. The predicted octanol–water partition coefficient (Wildman–Crippen LogP) is 2.57. The van der Waals surface area contributed by atoms with Crippen LogP contribution < -0.4 is 0 Å². The number of benzene rings is 1. The average molecular weight is 278 g/mol. The molecule has 1 aromatic rings. The smallest absolute Gasteiger partial charge is 0.124 e. The van der Waals surface area contributed by atoms with E-state index in [-0.39, 0.29) is 17.5 Å². The minimum absolute atomic E-state index is 0.0373. The number of aromatic hydroxyl groups is 2. The van der Waals surface area contributed by atoms with Crippen LogP contribution in [0.2, 0.25) is 0 Å². The second-order valence-corrected chi connectivity index (χ2v) is 5.72. The third-order valence-electron chi connectivity index (χ3n) is 4.59. The van der Waals surface area contributed by atoms with Crippen molar-refractivity contribution in [1.82, 2.24) is 9.80 Å². The van der Waals surface area contributed by atoms with Gasteiger partial charge in [0.15, 0.2) is 0 Å². The second kappa shape index (κ2) is 6.46. The topological polar surface area (TPSA) is 46.9 Å². The molecule has 112 valence electrons. The van der Waals surface area contributed by atoms with Crippen LogP contribution in [-0.4, -0.2) is 52.2 Å². The lowest BCUT2D eigenvalue weighted by Crippen LogP contribution is -2.49. The van der Waals surface area contributed by atoms with Gasteiger partial charge in [0, 0.05) is 38.3 Å². The highest BCUT2D eigenvalue weighted by atomic mass is 16.3. The lowest BCUT2D eigenvalue weighted by Gasteiger charge is -2.40. The molecule has 1 fully saturated rings. The fourth-order valence-electron chi connectivity index (χ4n) is 2.98. The fraction of sp³-hybridized carbons (Fsp3) is 0.625. The van der Waals surface area contributed by atoms with Crippen LogP contribution in [0.15, 0.2) is 18.2 Å². The highest BCUT2D eigenvalue weighted by molar-refractivity contribution is 5.45. The molecule has 2 N–H and O–H groups in total. The molecule has 0 amide bonds. The minimum Gasteiger partial charge on any atom is -0.507 e. The highest BCUT2D eigenvalue weighted by Crippen LogP contribution is 2.35. The van der Waals surface area contributed by atoms with Crippen LogP contribution in [0, 0.1) is 0 Å². The second-order valence-electron chi connectivity index (χ2n) is 5.72. The Morgan fingerprint density at radius 1 is 1.00 bits per heavy atom. The zero-order valence-electron chi connectivity index (χ0n) is 12.7. The van der Waals surface area contributed by atoms with Crippen LogP contribution in [0.3, 0.4) is 0 Å². The summed E-state index contributed by atoms with van der Waals surface area (Å²) < 4.78 is 0. The summed E-state index contributed by atoms with van der Waals surface area (Å²) in [6, 6.07) is 5.62. The van der Waals surface area contributed by atoms with Gasteiger partial charge in [0.05, 0.1) is 5.56 Å². The highest BCUT2D eigenvalue weighted by Gasteiger charge is 2.26. The number of phenolic OH excluding ortho intramolecular Hbond substituents is 2. The number of hydrogen-bond donors (Lipinski definition) is 2. The maximum atomic E-state index is 9.97. The van der Waals surface area contributed by atoms with E-state index in [4.69, 9.17) is 0 Å². The van der Waals surface area contributed by atoms with Crippen molar-refractivity contribution in [2.45, 2.75) is 39.3 Å². The van der Waals surface area contributed by atoms with Gasteiger partial charge < -0.3 is 10.2 Å². The van der Waals surface area contributed by atoms with Crippen molar-refractivity contribution in [2.24, 2.45) is 0 Å². The van der Waals surface area contributed by atoms with Crippen molar-refractivity contribution < 1.29 is 10.2 Å². The van der Waals surface area contributed by atoms with E-state index in [9.17, 15) is 10.2 Å². The van der Waals surface area contributed by atoms with E-state index >= 15 is 0 Å². The maximum Gasteiger partial charge on any atom is 0.124 e. The molecule has 0 saturated carbocycles. The van der Waals surface area contributed by atoms with E-state index < -0.39 is 0 Å². The van der Waals surface area contributed by atoms with Gasteiger partial charge in [-0.25, -0.2) is 0 Å². The lowest BCUT2D eigenvalue weighted by molar-refractivity contribution is 0.0758. The Balaban J connectivity index is 2.03. The zero-order chi connectivity index (χ0) is 14.7. The van der Waals surface area contributed by atoms with Crippen LogP contribution in [0.5, 0.6) is 11.5 Å². The van der Waals surface area contributed by atoms with Gasteiger partial charge in [-0.3, -0.25) is 9.80 Å². The van der Waals surface area contributed by atoms with Crippen LogP contribution >= 0.6 is 0 Å². The molecule has 1 aromatic carbocycles. The van der Waals surface area contributed by atoms with E-state index in [2.05, 4.69) is 23.6 Å². The molecule has 1 aliphatic heterocycles. The zero-order valence-corrected chi connectivity index (χ0v) is 12.7. The molecule has 0 radical (unpaired) electrons. The number of nitrogens with zero attached hydrogens (tertiary/aromatic N) is 2. The number of hydrogen-bond acceptors (Lipinski definition) is 4. The Hall–Kier alpha value is -1.26. The van der Waals surface area contributed by atoms with E-state index in [1.54, 1.807) is 18.2 Å². The van der Waals surface area contributed by atoms with Crippen molar-refractivity contribution in [3.8, 4) is 11.5 Å². The number of piperazine rings is 1. The molecular weight excluding hydrogens is 252 g/mol. The van der Waals surface area contributed by atoms with Gasteiger partial charge in [-0.15, -0.1) is 0 Å². The molecule has 1 aliphatic rings. The first-order valence-electron chi connectivity index (χ1n) is 7.53. The molecular formula is C16H26N2O2. The number of phenols is 2. The first kappa shape index (κ1) is 15.1. The molecule has 2 rings (SSSR count). The Morgan fingerprint density at radius 3 is 2.00 bits per heavy atom. The average Bonchev–Trinajstić information content (AvgIpc) is 2.46. The molecule has 0 spiro atoms. The SMILES string of the molecule is CCC(C)N1CCN(C(C)c2c(O)cccc2O)CC1. The molecule has 1 saturated heterocycles. The summed E-state index contributed by atoms with van der Waals surface area (Å²) in [5.74, 6) is 0.365. The monoisotopic (exact) mass is 278 g/mol. The number of rotatable bonds is 4. The molecule has 4 nitrogen and oxygen atoms in total. The first-order chi connectivity index (χ1) is 9.54. The van der Waals surface area contributed by atoms with Crippen LogP contribution in [-0.2, 0) is 0 Å². The summed E-state index contributed by atoms with van der Waals surface area (Å²) >= 11 is 0. The summed E-state index contributed by atoms with van der Waals surface area (Å²) in [6.07, 6.45) is 1.18. The van der Waals surface area contributed by atoms with E-state index in [1.165, 1.54) is 6.42 Å². The molecule has 4 heteroatoms. The van der Waals surface area contributed by atoms with Gasteiger partial charge in [0.2, 0.25) is 0 Å².